The van der Waals surface area contributed by atoms with Crippen molar-refractivity contribution in [3.05, 3.63) is 11.3 Å². The van der Waals surface area contributed by atoms with Crippen molar-refractivity contribution in [2.75, 3.05) is 13.1 Å². The molecule has 2 rings (SSSR count). The molecule has 1 atom stereocenters. The Bertz CT molecular complexity index is 541. The largest absolute Gasteiger partial charge is 0.281 e. The second-order valence-corrected chi connectivity index (χ2v) is 7.17. The van der Waals surface area contributed by atoms with Gasteiger partial charge in [-0.05, 0) is 25.7 Å². The first kappa shape index (κ1) is 14.8. The molecule has 1 aromatic rings. The minimum atomic E-state index is -3.52. The van der Waals surface area contributed by atoms with E-state index in [4.69, 9.17) is 11.6 Å². The average Bonchev–Trinajstić information content (AvgIpc) is 2.80. The van der Waals surface area contributed by atoms with Crippen LogP contribution in [0.4, 0.5) is 0 Å². The highest BCUT2D eigenvalue weighted by molar-refractivity contribution is 7.89. The van der Waals surface area contributed by atoms with Gasteiger partial charge in [-0.25, -0.2) is 8.42 Å². The van der Waals surface area contributed by atoms with Gasteiger partial charge in [0.15, 0.2) is 5.03 Å². The number of nitrogens with zero attached hydrogens (tertiary/aromatic N) is 2. The topological polar surface area (TPSA) is 66.1 Å². The maximum atomic E-state index is 12.6. The van der Waals surface area contributed by atoms with Gasteiger partial charge < -0.3 is 0 Å². The lowest BCUT2D eigenvalue weighted by atomic mass is 9.97. The smallest absolute Gasteiger partial charge is 0.262 e. The van der Waals surface area contributed by atoms with Gasteiger partial charge in [-0.3, -0.25) is 5.10 Å². The first-order chi connectivity index (χ1) is 9.00. The van der Waals surface area contributed by atoms with Crippen LogP contribution in [0.15, 0.2) is 5.03 Å². The molecule has 2 heterocycles. The van der Waals surface area contributed by atoms with Crippen molar-refractivity contribution in [2.45, 2.75) is 44.0 Å². The Kier molecular flexibility index (Phi) is 4.53. The van der Waals surface area contributed by atoms with Crippen molar-refractivity contribution in [1.29, 1.82) is 0 Å². The SMILES string of the molecule is CCC1CCCN(S(=O)(=O)c2n[nH]c(C)c2CCl)C1. The minimum absolute atomic E-state index is 0.0942. The Morgan fingerprint density at radius 1 is 1.53 bits per heavy atom. The summed E-state index contributed by atoms with van der Waals surface area (Å²) in [6, 6.07) is 0. The fraction of sp³-hybridized carbons (Fsp3) is 0.750. The molecule has 1 aromatic heterocycles. The third-order valence-corrected chi connectivity index (χ3v) is 5.92. The number of piperidine rings is 1. The predicted molar refractivity (Wildman–Crippen MR) is 74.7 cm³/mol. The molecule has 0 amide bonds. The van der Waals surface area contributed by atoms with Gasteiger partial charge in [-0.1, -0.05) is 13.3 Å². The molecule has 108 valence electrons. The van der Waals surface area contributed by atoms with Crippen LogP contribution < -0.4 is 0 Å². The van der Waals surface area contributed by atoms with Gasteiger partial charge in [0.05, 0.1) is 5.88 Å². The normalized spacial score (nSPS) is 21.7. The summed E-state index contributed by atoms with van der Waals surface area (Å²) < 4.78 is 26.8. The van der Waals surface area contributed by atoms with Gasteiger partial charge in [0.2, 0.25) is 0 Å². The van der Waals surface area contributed by atoms with E-state index in [1.54, 1.807) is 11.2 Å². The Labute approximate surface area is 119 Å². The average molecular weight is 306 g/mol. The molecule has 1 aliphatic heterocycles. The van der Waals surface area contributed by atoms with E-state index in [9.17, 15) is 8.42 Å². The van der Waals surface area contributed by atoms with Crippen molar-refractivity contribution in [3.63, 3.8) is 0 Å². The number of rotatable bonds is 4. The van der Waals surface area contributed by atoms with Crippen LogP contribution in [0.25, 0.3) is 0 Å². The maximum Gasteiger partial charge on any atom is 0.262 e. The molecule has 0 bridgehead atoms. The number of hydrogen-bond donors (Lipinski definition) is 1. The molecule has 0 spiro atoms. The quantitative estimate of drug-likeness (QED) is 0.868. The van der Waals surface area contributed by atoms with Crippen molar-refractivity contribution < 1.29 is 8.42 Å². The first-order valence-electron chi connectivity index (χ1n) is 6.60. The van der Waals surface area contributed by atoms with E-state index in [2.05, 4.69) is 17.1 Å². The molecule has 1 saturated heterocycles. The predicted octanol–water partition coefficient (Wildman–Crippen LogP) is 2.27. The number of aromatic amines is 1. The molecule has 7 heteroatoms. The molecule has 5 nitrogen and oxygen atoms in total. The number of halogens is 1. The number of H-pyrrole nitrogens is 1. The Morgan fingerprint density at radius 2 is 2.26 bits per heavy atom. The number of nitrogens with one attached hydrogen (secondary N) is 1. The summed E-state index contributed by atoms with van der Waals surface area (Å²) in [5.41, 5.74) is 1.30. The standard InChI is InChI=1S/C12H20ClN3O2S/c1-3-10-5-4-6-16(8-10)19(17,18)12-11(7-13)9(2)14-15-12/h10H,3-8H2,1-2H3,(H,14,15). The number of sulfonamides is 1. The fourth-order valence-electron chi connectivity index (χ4n) is 2.50. The molecule has 1 unspecified atom stereocenters. The van der Waals surface area contributed by atoms with E-state index in [0.717, 1.165) is 25.0 Å². The summed E-state index contributed by atoms with van der Waals surface area (Å²) in [4.78, 5) is 0. The van der Waals surface area contributed by atoms with Gasteiger partial charge in [0.1, 0.15) is 0 Å². The lowest BCUT2D eigenvalue weighted by Crippen LogP contribution is -2.40. The summed E-state index contributed by atoms with van der Waals surface area (Å²) in [7, 11) is -3.52. The zero-order chi connectivity index (χ0) is 14.0. The summed E-state index contributed by atoms with van der Waals surface area (Å²) in [5, 5.41) is 6.76. The van der Waals surface area contributed by atoms with Crippen LogP contribution >= 0.6 is 11.6 Å². The zero-order valence-corrected chi connectivity index (χ0v) is 12.9. The minimum Gasteiger partial charge on any atom is -0.281 e. The molecule has 1 aliphatic rings. The van der Waals surface area contributed by atoms with Crippen molar-refractivity contribution in [3.8, 4) is 0 Å². The van der Waals surface area contributed by atoms with Gasteiger partial charge in [-0.2, -0.15) is 9.40 Å². The maximum absolute atomic E-state index is 12.6. The van der Waals surface area contributed by atoms with Crippen LogP contribution in [0, 0.1) is 12.8 Å². The van der Waals surface area contributed by atoms with E-state index >= 15 is 0 Å². The summed E-state index contributed by atoms with van der Waals surface area (Å²) in [5.74, 6) is 0.602. The molecule has 0 saturated carbocycles. The van der Waals surface area contributed by atoms with Gasteiger partial charge in [-0.15, -0.1) is 11.6 Å². The molecule has 1 N–H and O–H groups in total. The summed E-state index contributed by atoms with van der Waals surface area (Å²) in [6.07, 6.45) is 3.02. The number of aromatic nitrogens is 2. The molecule has 0 aromatic carbocycles. The van der Waals surface area contributed by atoms with E-state index in [1.807, 2.05) is 0 Å². The number of alkyl halides is 1. The molecular formula is C12H20ClN3O2S. The fourth-order valence-corrected chi connectivity index (χ4v) is 4.63. The van der Waals surface area contributed by atoms with E-state index in [1.165, 1.54) is 0 Å². The van der Waals surface area contributed by atoms with Crippen LogP contribution in [-0.2, 0) is 15.9 Å². The first-order valence-corrected chi connectivity index (χ1v) is 8.58. The Morgan fingerprint density at radius 3 is 2.89 bits per heavy atom. The van der Waals surface area contributed by atoms with E-state index in [-0.39, 0.29) is 10.9 Å². The van der Waals surface area contributed by atoms with E-state index in [0.29, 0.717) is 24.6 Å². The number of aryl methyl sites for hydroxylation is 1. The second kappa shape index (κ2) is 5.81. The Balaban J connectivity index is 2.31. The van der Waals surface area contributed by atoms with Crippen molar-refractivity contribution in [1.82, 2.24) is 14.5 Å². The molecular weight excluding hydrogens is 286 g/mol. The lowest BCUT2D eigenvalue weighted by molar-refractivity contribution is 0.261. The number of hydrogen-bond acceptors (Lipinski definition) is 3. The van der Waals surface area contributed by atoms with Crippen LogP contribution in [0.2, 0.25) is 0 Å². The third-order valence-electron chi connectivity index (χ3n) is 3.81. The highest BCUT2D eigenvalue weighted by atomic mass is 35.5. The highest BCUT2D eigenvalue weighted by Gasteiger charge is 2.33. The molecule has 19 heavy (non-hydrogen) atoms. The third kappa shape index (κ3) is 2.80. The van der Waals surface area contributed by atoms with E-state index < -0.39 is 10.0 Å². The van der Waals surface area contributed by atoms with Gasteiger partial charge in [0.25, 0.3) is 10.0 Å². The van der Waals surface area contributed by atoms with Crippen molar-refractivity contribution >= 4 is 21.6 Å². The van der Waals surface area contributed by atoms with Crippen LogP contribution in [0.3, 0.4) is 0 Å². The molecule has 0 aliphatic carbocycles. The van der Waals surface area contributed by atoms with Crippen molar-refractivity contribution in [2.24, 2.45) is 5.92 Å². The lowest BCUT2D eigenvalue weighted by Gasteiger charge is -2.30. The summed E-state index contributed by atoms with van der Waals surface area (Å²) >= 11 is 5.84. The Hall–Kier alpha value is -0.590. The monoisotopic (exact) mass is 305 g/mol. The van der Waals surface area contributed by atoms with Gasteiger partial charge >= 0.3 is 0 Å². The zero-order valence-electron chi connectivity index (χ0n) is 11.3. The van der Waals surface area contributed by atoms with Crippen LogP contribution in [0.1, 0.15) is 37.4 Å². The molecule has 0 radical (unpaired) electrons. The molecule has 1 fully saturated rings. The highest BCUT2D eigenvalue weighted by Crippen LogP contribution is 2.27. The summed E-state index contributed by atoms with van der Waals surface area (Å²) in [6.45, 7) is 5.05. The van der Waals surface area contributed by atoms with Crippen LogP contribution in [-0.4, -0.2) is 36.0 Å². The van der Waals surface area contributed by atoms with Crippen LogP contribution in [0.5, 0.6) is 0 Å². The van der Waals surface area contributed by atoms with Gasteiger partial charge in [0, 0.05) is 24.3 Å². The second-order valence-electron chi connectivity index (χ2n) is 5.05.